The number of nitrogens with one attached hydrogen (secondary N) is 1. The second-order valence-corrected chi connectivity index (χ2v) is 22.0. The molecule has 2 saturated heterocycles. The molecule has 1 saturated carbocycles. The molecular formula is C56H68F2N10O4. The number of rotatable bonds is 11. The lowest BCUT2D eigenvalue weighted by Gasteiger charge is -2.63. The van der Waals surface area contributed by atoms with Crippen molar-refractivity contribution in [3.63, 3.8) is 0 Å². The van der Waals surface area contributed by atoms with Crippen molar-refractivity contribution >= 4 is 29.0 Å². The van der Waals surface area contributed by atoms with Crippen molar-refractivity contribution < 1.29 is 27.8 Å². The van der Waals surface area contributed by atoms with E-state index in [-0.39, 0.29) is 46.4 Å². The molecule has 4 aliphatic heterocycles. The Hall–Kier alpha value is -6.47. The summed E-state index contributed by atoms with van der Waals surface area (Å²) >= 11 is 0. The zero-order valence-electron chi connectivity index (χ0n) is 42.9. The molecule has 5 aromatic rings. The van der Waals surface area contributed by atoms with E-state index in [0.717, 1.165) is 92.3 Å². The number of anilines is 3. The third-order valence-electron chi connectivity index (χ3n) is 16.7. The van der Waals surface area contributed by atoms with Crippen molar-refractivity contribution in [1.82, 2.24) is 34.7 Å². The van der Waals surface area contributed by atoms with Gasteiger partial charge in [-0.2, -0.15) is 15.5 Å². The number of likely N-dealkylation sites (tertiary alicyclic amines) is 1. The lowest BCUT2D eigenvalue weighted by Crippen LogP contribution is -2.74. The van der Waals surface area contributed by atoms with Crippen LogP contribution in [-0.4, -0.2) is 106 Å². The van der Waals surface area contributed by atoms with Crippen molar-refractivity contribution in [3.05, 3.63) is 101 Å². The molecule has 3 fully saturated rings. The van der Waals surface area contributed by atoms with Crippen molar-refractivity contribution in [2.24, 2.45) is 23.8 Å². The van der Waals surface area contributed by atoms with Crippen LogP contribution in [0.1, 0.15) is 118 Å². The molecule has 72 heavy (non-hydrogen) atoms. The average Bonchev–Trinajstić information content (AvgIpc) is 3.99. The molecule has 0 radical (unpaired) electrons. The number of carbonyl (C=O) groups excluding carboxylic acids is 2. The summed E-state index contributed by atoms with van der Waals surface area (Å²) in [7, 11) is 3.33. The highest BCUT2D eigenvalue weighted by atomic mass is 19.3. The van der Waals surface area contributed by atoms with Crippen LogP contribution in [0.15, 0.2) is 67.0 Å². The predicted molar refractivity (Wildman–Crippen MR) is 273 cm³/mol. The van der Waals surface area contributed by atoms with Gasteiger partial charge in [-0.1, -0.05) is 34.6 Å². The maximum Gasteiger partial charge on any atom is 0.264 e. The van der Waals surface area contributed by atoms with Gasteiger partial charge in [0.1, 0.15) is 23.7 Å². The molecule has 0 bridgehead atoms. The predicted octanol–water partition coefficient (Wildman–Crippen LogP) is 9.25. The second kappa shape index (κ2) is 19.2. The molecule has 2 atom stereocenters. The second-order valence-electron chi connectivity index (χ2n) is 22.0. The number of aryl methyl sites for hydroxylation is 2. The molecule has 1 aliphatic carbocycles. The standard InChI is InChI=1S/C56H68F2N10O4/c1-34-31-66(40-14-11-36(12-15-40)52(70)61-53-55(3,4)54(56(53,5)6)72-42-16-13-38(29-59)49(27-42)71-8)25-19-46(34)64-22-17-41(18-23-64)68-47-20-24-65(35(2)69)33-45(47)51(62-68)67-21-9-10-37-26-43(39-30-60-63(7)32-39)44(50(57)58)28-48(37)67/h11-16,26-28,30,32,34,41,46,50,53-54H,9-10,17-25,31,33H2,1-8H3,(H,61,70)/t34-,46-,53?,54?/m0/s1. The molecule has 16 heteroatoms. The van der Waals surface area contributed by atoms with Crippen LogP contribution in [-0.2, 0) is 31.2 Å². The number of nitrogens with zero attached hydrogens (tertiary/aromatic N) is 9. The van der Waals surface area contributed by atoms with Gasteiger partial charge in [-0.05, 0) is 97.7 Å². The van der Waals surface area contributed by atoms with Crippen LogP contribution < -0.4 is 24.6 Å². The molecule has 0 spiro atoms. The molecule has 380 valence electrons. The van der Waals surface area contributed by atoms with E-state index in [2.05, 4.69) is 82.6 Å². The van der Waals surface area contributed by atoms with Gasteiger partial charge in [-0.25, -0.2) is 8.78 Å². The molecule has 3 aromatic carbocycles. The van der Waals surface area contributed by atoms with Crippen molar-refractivity contribution in [2.45, 2.75) is 117 Å². The Kier molecular flexibility index (Phi) is 13.1. The van der Waals surface area contributed by atoms with E-state index in [1.807, 2.05) is 23.1 Å². The Labute approximate surface area is 421 Å². The Morgan fingerprint density at radius 3 is 2.35 bits per heavy atom. The molecule has 6 heterocycles. The Balaban J connectivity index is 0.777. The lowest BCUT2D eigenvalue weighted by atomic mass is 9.49. The summed E-state index contributed by atoms with van der Waals surface area (Å²) in [6.45, 7) is 17.9. The summed E-state index contributed by atoms with van der Waals surface area (Å²) in [5.74, 6) is 2.23. The molecule has 5 aliphatic rings. The van der Waals surface area contributed by atoms with Gasteiger partial charge in [0.2, 0.25) is 5.91 Å². The van der Waals surface area contributed by atoms with Gasteiger partial charge in [0.15, 0.2) is 5.82 Å². The Morgan fingerprint density at radius 2 is 1.69 bits per heavy atom. The summed E-state index contributed by atoms with van der Waals surface area (Å²) in [4.78, 5) is 35.7. The van der Waals surface area contributed by atoms with Crippen LogP contribution >= 0.6 is 0 Å². The summed E-state index contributed by atoms with van der Waals surface area (Å²) in [6.07, 6.45) is 5.88. The van der Waals surface area contributed by atoms with Gasteiger partial charge in [0.25, 0.3) is 12.3 Å². The molecule has 2 aromatic heterocycles. The fourth-order valence-electron chi connectivity index (χ4n) is 13.3. The van der Waals surface area contributed by atoms with Gasteiger partial charge in [-0.15, -0.1) is 0 Å². The zero-order chi connectivity index (χ0) is 50.8. The van der Waals surface area contributed by atoms with Gasteiger partial charge >= 0.3 is 0 Å². The number of amides is 2. The van der Waals surface area contributed by atoms with Gasteiger partial charge in [0, 0.05) is 134 Å². The molecular weight excluding hydrogens is 915 g/mol. The Bertz CT molecular complexity index is 2880. The molecule has 1 N–H and O–H groups in total. The number of ether oxygens (including phenoxy) is 2. The molecule has 0 unspecified atom stereocenters. The Morgan fingerprint density at radius 1 is 0.944 bits per heavy atom. The summed E-state index contributed by atoms with van der Waals surface area (Å²) in [6, 6.07) is 19.5. The maximum absolute atomic E-state index is 14.8. The third kappa shape index (κ3) is 8.85. The van der Waals surface area contributed by atoms with Crippen molar-refractivity contribution in [3.8, 4) is 28.7 Å². The van der Waals surface area contributed by atoms with Crippen LogP contribution in [0.25, 0.3) is 11.1 Å². The number of aromatic nitrogens is 4. The number of benzene rings is 3. The van der Waals surface area contributed by atoms with E-state index in [4.69, 9.17) is 14.6 Å². The number of hydrogen-bond acceptors (Lipinski definition) is 10. The number of alkyl halides is 2. The van der Waals surface area contributed by atoms with Crippen molar-refractivity contribution in [2.75, 3.05) is 56.2 Å². The topological polar surface area (TPSA) is 137 Å². The number of carbonyl (C=O) groups is 2. The zero-order valence-corrected chi connectivity index (χ0v) is 42.9. The first-order valence-electron chi connectivity index (χ1n) is 25.7. The van der Waals surface area contributed by atoms with E-state index in [1.54, 1.807) is 55.3 Å². The molecule has 2 amide bonds. The van der Waals surface area contributed by atoms with Crippen LogP contribution in [0.5, 0.6) is 11.5 Å². The number of fused-ring (bicyclic) bond motifs is 2. The smallest absolute Gasteiger partial charge is 0.264 e. The minimum atomic E-state index is -2.66. The first-order chi connectivity index (χ1) is 34.5. The van der Waals surface area contributed by atoms with Gasteiger partial charge < -0.3 is 29.5 Å². The van der Waals surface area contributed by atoms with E-state index >= 15 is 0 Å². The van der Waals surface area contributed by atoms with Crippen LogP contribution in [0.3, 0.4) is 0 Å². The quantitative estimate of drug-likeness (QED) is 0.136. The van der Waals surface area contributed by atoms with Crippen molar-refractivity contribution in [1.29, 1.82) is 5.26 Å². The van der Waals surface area contributed by atoms with Gasteiger partial charge in [0.05, 0.1) is 31.5 Å². The summed E-state index contributed by atoms with van der Waals surface area (Å²) < 4.78 is 45.4. The molecule has 10 rings (SSSR count). The highest BCUT2D eigenvalue weighted by molar-refractivity contribution is 5.95. The SMILES string of the molecule is COc1cc(OC2C(C)(C)C(NC(=O)c3ccc(N4CC[C@H](N5CCC(n6nc(N7CCCc8cc(-c9cnn(C)c9)c(C(F)F)cc87)c7c6CCN(C(C)=O)C7)CC5)[C@@H](C)C4)cc3)C2(C)C)ccc1C#N. The number of methoxy groups -OCH3 is 1. The first kappa shape index (κ1) is 49.1. The average molecular weight is 983 g/mol. The first-order valence-corrected chi connectivity index (χ1v) is 25.7. The van der Waals surface area contributed by atoms with E-state index in [0.29, 0.717) is 71.8 Å². The fraction of sp³-hybridized carbons (Fsp3) is 0.518. The van der Waals surface area contributed by atoms with E-state index < -0.39 is 6.43 Å². The van der Waals surface area contributed by atoms with Crippen LogP contribution in [0, 0.1) is 28.1 Å². The fourth-order valence-corrected chi connectivity index (χ4v) is 13.3. The number of hydrogen-bond donors (Lipinski definition) is 1. The monoisotopic (exact) mass is 983 g/mol. The number of nitriles is 1. The number of piperidine rings is 2. The minimum Gasteiger partial charge on any atom is -0.495 e. The van der Waals surface area contributed by atoms with Crippen LogP contribution in [0.2, 0.25) is 0 Å². The summed E-state index contributed by atoms with van der Waals surface area (Å²) in [5.41, 5.74) is 6.62. The van der Waals surface area contributed by atoms with Crippen LogP contribution in [0.4, 0.5) is 26.0 Å². The third-order valence-corrected chi connectivity index (χ3v) is 16.7. The summed E-state index contributed by atoms with van der Waals surface area (Å²) in [5, 5.41) is 22.4. The largest absolute Gasteiger partial charge is 0.495 e. The lowest BCUT2D eigenvalue weighted by molar-refractivity contribution is -0.164. The van der Waals surface area contributed by atoms with E-state index in [1.165, 1.54) is 7.11 Å². The van der Waals surface area contributed by atoms with E-state index in [9.17, 15) is 23.6 Å². The highest BCUT2D eigenvalue weighted by Gasteiger charge is 2.64. The van der Waals surface area contributed by atoms with Gasteiger partial charge in [-0.3, -0.25) is 23.9 Å². The minimum absolute atomic E-state index is 0.0123. The molecule has 14 nitrogen and oxygen atoms in total. The maximum atomic E-state index is 14.8. The highest BCUT2D eigenvalue weighted by Crippen LogP contribution is 2.56. The number of halogens is 2. The normalized spacial score (nSPS) is 22.9.